The summed E-state index contributed by atoms with van der Waals surface area (Å²) in [5.74, 6) is -4.29. The number of hydrogen-bond donors (Lipinski definition) is 0. The van der Waals surface area contributed by atoms with E-state index in [2.05, 4.69) is 20.7 Å². The number of carbonyl (C=O) groups excluding carboxylic acids is 2. The van der Waals surface area contributed by atoms with Gasteiger partial charge in [0.05, 0.1) is 13.7 Å². The van der Waals surface area contributed by atoms with Crippen molar-refractivity contribution < 1.29 is 28.2 Å². The van der Waals surface area contributed by atoms with Crippen LogP contribution < -0.4 is 5.11 Å². The number of carboxylic acid groups (broad SMARTS) is 1. The lowest BCUT2D eigenvalue weighted by atomic mass is 9.91. The molecule has 0 N–H and O–H groups in total. The van der Waals surface area contributed by atoms with Gasteiger partial charge in [-0.25, -0.2) is 13.6 Å². The molecule has 1 amide bonds. The molecule has 1 atom stereocenters. The number of carbonyl (C=O) groups is 2. The quantitative estimate of drug-likeness (QED) is 0.433. The largest absolute Gasteiger partial charge is 0.530 e. The van der Waals surface area contributed by atoms with Gasteiger partial charge in [-0.2, -0.15) is 0 Å². The molecule has 1 saturated heterocycles. The summed E-state index contributed by atoms with van der Waals surface area (Å²) >= 11 is 3.10. The van der Waals surface area contributed by atoms with Crippen LogP contribution in [0, 0.1) is 0 Å². The van der Waals surface area contributed by atoms with Crippen molar-refractivity contribution in [1.29, 1.82) is 0 Å². The van der Waals surface area contributed by atoms with Gasteiger partial charge in [0.2, 0.25) is 0 Å². The summed E-state index contributed by atoms with van der Waals surface area (Å²) in [6.07, 6.45) is 0.148. The molecule has 0 saturated carbocycles. The van der Waals surface area contributed by atoms with Crippen LogP contribution >= 0.6 is 15.9 Å². The summed E-state index contributed by atoms with van der Waals surface area (Å²) in [6, 6.07) is 0. The first kappa shape index (κ1) is 15.9. The Bertz CT molecular complexity index is 402. The van der Waals surface area contributed by atoms with E-state index in [-0.39, 0.29) is 6.42 Å². The number of hydrogen-bond acceptors (Lipinski definition) is 4. The highest BCUT2D eigenvalue weighted by molar-refractivity contribution is 9.09. The van der Waals surface area contributed by atoms with E-state index in [1.807, 2.05) is 0 Å². The summed E-state index contributed by atoms with van der Waals surface area (Å²) in [7, 11) is 1.03. The predicted octanol–water partition coefficient (Wildman–Crippen LogP) is 0.924. The van der Waals surface area contributed by atoms with Crippen molar-refractivity contribution in [2.75, 3.05) is 19.0 Å². The number of ether oxygens (including phenoxy) is 1. The van der Waals surface area contributed by atoms with Crippen LogP contribution in [0.5, 0.6) is 0 Å². The number of likely N-dealkylation sites (tertiary alicyclic amines) is 1. The van der Waals surface area contributed by atoms with Crippen LogP contribution in [0.15, 0.2) is 12.2 Å². The summed E-state index contributed by atoms with van der Waals surface area (Å²) in [5.41, 5.74) is -1.92. The number of halogens is 3. The van der Waals surface area contributed by atoms with Crippen LogP contribution in [0.3, 0.4) is 0 Å². The highest BCUT2D eigenvalue weighted by Gasteiger charge is 2.59. The average Bonchev–Trinajstić information content (AvgIpc) is 2.61. The Kier molecular flexibility index (Phi) is 4.89. The Balaban J connectivity index is 3.16. The van der Waals surface area contributed by atoms with Crippen LogP contribution in [0.2, 0.25) is 0 Å². The minimum Gasteiger partial charge on any atom is -0.530 e. The lowest BCUT2D eigenvalue weighted by Gasteiger charge is -2.36. The molecule has 0 radical (unpaired) electrons. The third-order valence-electron chi connectivity index (χ3n) is 2.95. The molecular weight excluding hydrogens is 328 g/mol. The van der Waals surface area contributed by atoms with Gasteiger partial charge in [0.1, 0.15) is 11.6 Å². The Morgan fingerprint density at radius 3 is 2.58 bits per heavy atom. The maximum Gasteiger partial charge on any atom is 0.332 e. The number of rotatable bonds is 4. The molecule has 1 unspecified atom stereocenters. The monoisotopic (exact) mass is 340 g/mol. The molecule has 1 rings (SSSR count). The SMILES string of the molecule is COC(=O)C1(C/C=C\CBr)CC(F)(F)CN1C(=O)[O-]. The van der Waals surface area contributed by atoms with Crippen molar-refractivity contribution in [3.63, 3.8) is 0 Å². The van der Waals surface area contributed by atoms with Gasteiger partial charge in [-0.1, -0.05) is 28.1 Å². The van der Waals surface area contributed by atoms with E-state index < -0.39 is 36.5 Å². The number of methoxy groups -OCH3 is 1. The first-order valence-electron chi connectivity index (χ1n) is 5.45. The second kappa shape index (κ2) is 5.85. The van der Waals surface area contributed by atoms with Gasteiger partial charge in [0.25, 0.3) is 5.92 Å². The molecule has 1 aliphatic heterocycles. The van der Waals surface area contributed by atoms with Crippen LogP contribution in [0.4, 0.5) is 13.6 Å². The highest BCUT2D eigenvalue weighted by Crippen LogP contribution is 2.42. The van der Waals surface area contributed by atoms with Gasteiger partial charge in [-0.15, -0.1) is 0 Å². The van der Waals surface area contributed by atoms with E-state index in [0.717, 1.165) is 7.11 Å². The fraction of sp³-hybridized carbons (Fsp3) is 0.636. The fourth-order valence-electron chi connectivity index (χ4n) is 2.18. The molecule has 5 nitrogen and oxygen atoms in total. The number of allylic oxidation sites excluding steroid dienone is 1. The first-order chi connectivity index (χ1) is 8.79. The molecule has 0 bridgehead atoms. The lowest BCUT2D eigenvalue weighted by Crippen LogP contribution is -2.57. The normalized spacial score (nSPS) is 25.8. The third-order valence-corrected chi connectivity index (χ3v) is 3.33. The van der Waals surface area contributed by atoms with Gasteiger partial charge in [0, 0.05) is 11.8 Å². The van der Waals surface area contributed by atoms with Crippen molar-refractivity contribution in [2.24, 2.45) is 0 Å². The van der Waals surface area contributed by atoms with Crippen molar-refractivity contribution in [3.05, 3.63) is 12.2 Å². The molecule has 0 aromatic carbocycles. The maximum absolute atomic E-state index is 13.5. The molecule has 1 aliphatic rings. The average molecular weight is 341 g/mol. The number of esters is 1. The van der Waals surface area contributed by atoms with Crippen LogP contribution in [0.1, 0.15) is 12.8 Å². The second-order valence-corrected chi connectivity index (χ2v) is 4.89. The van der Waals surface area contributed by atoms with E-state index in [9.17, 15) is 23.5 Å². The maximum atomic E-state index is 13.5. The minimum absolute atomic E-state index is 0.186. The van der Waals surface area contributed by atoms with E-state index in [4.69, 9.17) is 0 Å². The van der Waals surface area contributed by atoms with Gasteiger partial charge in [0.15, 0.2) is 0 Å². The van der Waals surface area contributed by atoms with Crippen LogP contribution in [-0.2, 0) is 9.53 Å². The minimum atomic E-state index is -3.28. The van der Waals surface area contributed by atoms with Gasteiger partial charge in [-0.3, -0.25) is 0 Å². The molecule has 1 heterocycles. The van der Waals surface area contributed by atoms with E-state index in [0.29, 0.717) is 10.2 Å². The van der Waals surface area contributed by atoms with Gasteiger partial charge >= 0.3 is 5.97 Å². The number of alkyl halides is 3. The van der Waals surface area contributed by atoms with Gasteiger partial charge in [-0.05, 0) is 6.42 Å². The van der Waals surface area contributed by atoms with Crippen LogP contribution in [0.25, 0.3) is 0 Å². The predicted molar refractivity (Wildman–Crippen MR) is 64.0 cm³/mol. The van der Waals surface area contributed by atoms with Crippen molar-refractivity contribution in [2.45, 2.75) is 24.3 Å². The molecule has 0 aliphatic carbocycles. The zero-order valence-corrected chi connectivity index (χ0v) is 11.8. The standard InChI is InChI=1S/C11H14BrF2NO4/c1-19-8(16)10(4-2-3-5-12)6-11(13,14)7-15(10)9(17)18/h2-3H,4-7H2,1H3,(H,17,18)/p-1/b3-2-. The van der Waals surface area contributed by atoms with Crippen molar-refractivity contribution >= 4 is 28.0 Å². The molecule has 0 spiro atoms. The van der Waals surface area contributed by atoms with Gasteiger partial charge < -0.3 is 19.5 Å². The zero-order chi connectivity index (χ0) is 14.7. The topological polar surface area (TPSA) is 69.7 Å². The molecule has 1 fully saturated rings. The molecule has 8 heteroatoms. The Morgan fingerprint density at radius 2 is 2.11 bits per heavy atom. The lowest BCUT2D eigenvalue weighted by molar-refractivity contribution is -0.270. The Morgan fingerprint density at radius 1 is 1.47 bits per heavy atom. The summed E-state index contributed by atoms with van der Waals surface area (Å²) in [6.45, 7) is -1.06. The molecular formula is C11H13BrF2NO4-. The van der Waals surface area contributed by atoms with E-state index >= 15 is 0 Å². The summed E-state index contributed by atoms with van der Waals surface area (Å²) in [5, 5.41) is 11.5. The highest BCUT2D eigenvalue weighted by atomic mass is 79.9. The summed E-state index contributed by atoms with van der Waals surface area (Å²) < 4.78 is 31.5. The number of nitrogens with zero attached hydrogens (tertiary/aromatic N) is 1. The Hall–Kier alpha value is -1.18. The molecule has 0 aromatic rings. The fourth-order valence-corrected chi connectivity index (χ4v) is 2.44. The van der Waals surface area contributed by atoms with E-state index in [1.54, 1.807) is 6.08 Å². The number of amides is 1. The zero-order valence-electron chi connectivity index (χ0n) is 10.2. The second-order valence-electron chi connectivity index (χ2n) is 4.24. The van der Waals surface area contributed by atoms with Crippen molar-refractivity contribution in [3.8, 4) is 0 Å². The smallest absolute Gasteiger partial charge is 0.332 e. The third kappa shape index (κ3) is 3.23. The molecule has 0 aromatic heterocycles. The molecule has 108 valence electrons. The van der Waals surface area contributed by atoms with E-state index in [1.165, 1.54) is 6.08 Å². The van der Waals surface area contributed by atoms with Crippen molar-refractivity contribution in [1.82, 2.24) is 4.90 Å². The molecule has 19 heavy (non-hydrogen) atoms. The van der Waals surface area contributed by atoms with Crippen LogP contribution in [-0.4, -0.2) is 47.4 Å². The Labute approximate surface area is 117 Å². The first-order valence-corrected chi connectivity index (χ1v) is 6.57. The summed E-state index contributed by atoms with van der Waals surface area (Å²) in [4.78, 5) is 23.2.